The van der Waals surface area contributed by atoms with Gasteiger partial charge in [-0.1, -0.05) is 76.3 Å². The van der Waals surface area contributed by atoms with E-state index in [0.29, 0.717) is 12.7 Å². The van der Waals surface area contributed by atoms with Crippen molar-refractivity contribution in [2.24, 2.45) is 5.92 Å². The molecule has 1 aromatic carbocycles. The van der Waals surface area contributed by atoms with Crippen molar-refractivity contribution in [2.75, 3.05) is 27.1 Å². The van der Waals surface area contributed by atoms with Crippen molar-refractivity contribution < 1.29 is 14.2 Å². The van der Waals surface area contributed by atoms with Gasteiger partial charge in [0.1, 0.15) is 6.79 Å². The summed E-state index contributed by atoms with van der Waals surface area (Å²) in [6, 6.07) is 10.7. The summed E-state index contributed by atoms with van der Waals surface area (Å²) in [4.78, 5) is 0. The van der Waals surface area contributed by atoms with Gasteiger partial charge in [0.05, 0.1) is 6.10 Å². The van der Waals surface area contributed by atoms with E-state index in [-0.39, 0.29) is 6.10 Å². The highest BCUT2D eigenvalue weighted by Gasteiger charge is 2.18. The van der Waals surface area contributed by atoms with Crippen molar-refractivity contribution in [1.29, 1.82) is 0 Å². The van der Waals surface area contributed by atoms with Crippen LogP contribution in [0.15, 0.2) is 30.3 Å². The van der Waals surface area contributed by atoms with Gasteiger partial charge in [0, 0.05) is 20.3 Å². The summed E-state index contributed by atoms with van der Waals surface area (Å²) in [5.41, 5.74) is 1.36. The van der Waals surface area contributed by atoms with Crippen molar-refractivity contribution in [2.45, 2.75) is 77.7 Å². The molecule has 0 N–H and O–H groups in total. The molecule has 0 bridgehead atoms. The first-order valence-corrected chi connectivity index (χ1v) is 10.5. The van der Waals surface area contributed by atoms with Crippen LogP contribution < -0.4 is 0 Å². The molecule has 26 heavy (non-hydrogen) atoms. The molecule has 0 saturated heterocycles. The molecule has 0 heterocycles. The molecule has 0 saturated carbocycles. The maximum absolute atomic E-state index is 6.33. The zero-order valence-corrected chi connectivity index (χ0v) is 17.3. The monoisotopic (exact) mass is 364 g/mol. The van der Waals surface area contributed by atoms with Crippen LogP contribution >= 0.6 is 0 Å². The smallest absolute Gasteiger partial charge is 0.146 e. The fourth-order valence-corrected chi connectivity index (χ4v) is 3.22. The van der Waals surface area contributed by atoms with Crippen molar-refractivity contribution in [1.82, 2.24) is 0 Å². The summed E-state index contributed by atoms with van der Waals surface area (Å²) < 4.78 is 16.7. The molecule has 0 aliphatic carbocycles. The normalized spacial score (nSPS) is 13.7. The number of rotatable bonds is 17. The predicted octanol–water partition coefficient (Wildman–Crippen LogP) is 6.01. The summed E-state index contributed by atoms with van der Waals surface area (Å²) in [7, 11) is 1.66. The van der Waals surface area contributed by atoms with E-state index >= 15 is 0 Å². The maximum Gasteiger partial charge on any atom is 0.146 e. The zero-order valence-electron chi connectivity index (χ0n) is 17.3. The molecule has 2 atom stereocenters. The van der Waals surface area contributed by atoms with Crippen LogP contribution in [0.25, 0.3) is 0 Å². The molecular weight excluding hydrogens is 324 g/mol. The van der Waals surface area contributed by atoms with Gasteiger partial charge < -0.3 is 14.2 Å². The van der Waals surface area contributed by atoms with Crippen molar-refractivity contribution in [3.8, 4) is 0 Å². The second-order valence-corrected chi connectivity index (χ2v) is 7.30. The van der Waals surface area contributed by atoms with E-state index in [1.54, 1.807) is 7.11 Å². The van der Waals surface area contributed by atoms with E-state index in [1.807, 2.05) is 0 Å². The third kappa shape index (κ3) is 11.7. The first kappa shape index (κ1) is 23.1. The molecule has 0 unspecified atom stereocenters. The Morgan fingerprint density at radius 3 is 2.35 bits per heavy atom. The van der Waals surface area contributed by atoms with E-state index in [2.05, 4.69) is 44.2 Å². The van der Waals surface area contributed by atoms with Gasteiger partial charge in [0.25, 0.3) is 0 Å². The molecule has 0 spiro atoms. The number of hydrogen-bond acceptors (Lipinski definition) is 3. The lowest BCUT2D eigenvalue weighted by Crippen LogP contribution is -2.25. The quantitative estimate of drug-likeness (QED) is 0.250. The Morgan fingerprint density at radius 1 is 0.885 bits per heavy atom. The Bertz CT molecular complexity index is 407. The van der Waals surface area contributed by atoms with E-state index in [1.165, 1.54) is 44.1 Å². The van der Waals surface area contributed by atoms with Gasteiger partial charge in [-0.25, -0.2) is 0 Å². The fourth-order valence-electron chi connectivity index (χ4n) is 3.22. The Labute approximate surface area is 161 Å². The second-order valence-electron chi connectivity index (χ2n) is 7.30. The van der Waals surface area contributed by atoms with Crippen LogP contribution in [0, 0.1) is 5.92 Å². The van der Waals surface area contributed by atoms with E-state index in [4.69, 9.17) is 14.2 Å². The molecule has 1 rings (SSSR count). The van der Waals surface area contributed by atoms with E-state index in [0.717, 1.165) is 32.5 Å². The Balaban J connectivity index is 2.35. The third-order valence-electron chi connectivity index (χ3n) is 4.89. The molecule has 0 fully saturated rings. The number of benzene rings is 1. The Morgan fingerprint density at radius 2 is 1.62 bits per heavy atom. The molecule has 0 radical (unpaired) electrons. The number of hydrogen-bond donors (Lipinski definition) is 0. The van der Waals surface area contributed by atoms with Crippen LogP contribution in [0.1, 0.15) is 70.8 Å². The van der Waals surface area contributed by atoms with Gasteiger partial charge in [0.2, 0.25) is 0 Å². The molecule has 3 nitrogen and oxygen atoms in total. The number of ether oxygens (including phenoxy) is 3. The lowest BCUT2D eigenvalue weighted by molar-refractivity contribution is -0.0355. The van der Waals surface area contributed by atoms with Crippen LogP contribution in [0.3, 0.4) is 0 Å². The number of unbranched alkanes of at least 4 members (excludes halogenated alkanes) is 5. The summed E-state index contributed by atoms with van der Waals surface area (Å²) in [5, 5.41) is 0. The minimum Gasteiger partial charge on any atom is -0.378 e. The van der Waals surface area contributed by atoms with Gasteiger partial charge in [-0.15, -0.1) is 0 Å². The molecule has 0 aliphatic rings. The molecule has 150 valence electrons. The second kappa shape index (κ2) is 16.3. The first-order valence-electron chi connectivity index (χ1n) is 10.5. The minimum absolute atomic E-state index is 0.287. The van der Waals surface area contributed by atoms with Gasteiger partial charge in [0.15, 0.2) is 0 Å². The third-order valence-corrected chi connectivity index (χ3v) is 4.89. The van der Waals surface area contributed by atoms with Gasteiger partial charge in [-0.2, -0.15) is 0 Å². The lowest BCUT2D eigenvalue weighted by Gasteiger charge is -2.25. The molecule has 0 amide bonds. The fraction of sp³-hybridized carbons (Fsp3) is 0.739. The lowest BCUT2D eigenvalue weighted by atomic mass is 9.93. The van der Waals surface area contributed by atoms with Crippen molar-refractivity contribution in [3.63, 3.8) is 0 Å². The SMILES string of the molecule is CCCCCCCCO[C@@H](Cc1ccccc1)[C@H](C)CCCOCOC. The highest BCUT2D eigenvalue weighted by Crippen LogP contribution is 2.19. The largest absolute Gasteiger partial charge is 0.378 e. The van der Waals surface area contributed by atoms with Crippen molar-refractivity contribution >= 4 is 0 Å². The molecule has 1 aromatic rings. The van der Waals surface area contributed by atoms with Crippen LogP contribution in [0.2, 0.25) is 0 Å². The van der Waals surface area contributed by atoms with Crippen LogP contribution in [0.5, 0.6) is 0 Å². The van der Waals surface area contributed by atoms with Gasteiger partial charge in [-0.05, 0) is 37.2 Å². The maximum atomic E-state index is 6.33. The number of methoxy groups -OCH3 is 1. The van der Waals surface area contributed by atoms with Crippen molar-refractivity contribution in [3.05, 3.63) is 35.9 Å². The van der Waals surface area contributed by atoms with Gasteiger partial charge in [-0.3, -0.25) is 0 Å². The van der Waals surface area contributed by atoms with E-state index < -0.39 is 0 Å². The minimum atomic E-state index is 0.287. The summed E-state index contributed by atoms with van der Waals surface area (Å²) in [6.45, 7) is 6.60. The summed E-state index contributed by atoms with van der Waals surface area (Å²) >= 11 is 0. The highest BCUT2D eigenvalue weighted by atomic mass is 16.7. The average molecular weight is 365 g/mol. The summed E-state index contributed by atoms with van der Waals surface area (Å²) in [5.74, 6) is 0.529. The molecule has 3 heteroatoms. The van der Waals surface area contributed by atoms with Crippen LogP contribution in [-0.2, 0) is 20.6 Å². The van der Waals surface area contributed by atoms with Crippen LogP contribution in [-0.4, -0.2) is 33.2 Å². The molecule has 0 aromatic heterocycles. The van der Waals surface area contributed by atoms with Crippen LogP contribution in [0.4, 0.5) is 0 Å². The standard InChI is InChI=1S/C23H40O3/c1-4-5-6-7-8-12-18-26-23(19-22-15-10-9-11-16-22)21(2)14-13-17-25-20-24-3/h9-11,15-16,21,23H,4-8,12-14,17-20H2,1-3H3/t21-,23+/m1/s1. The highest BCUT2D eigenvalue weighted by molar-refractivity contribution is 5.15. The topological polar surface area (TPSA) is 27.7 Å². The predicted molar refractivity (Wildman–Crippen MR) is 109 cm³/mol. The first-order chi connectivity index (χ1) is 12.8. The Kier molecular flexibility index (Phi) is 14.5. The zero-order chi connectivity index (χ0) is 18.9. The molecular formula is C23H40O3. The Hall–Kier alpha value is -0.900. The summed E-state index contributed by atoms with van der Waals surface area (Å²) in [6.07, 6.45) is 11.3. The van der Waals surface area contributed by atoms with Gasteiger partial charge >= 0.3 is 0 Å². The van der Waals surface area contributed by atoms with E-state index in [9.17, 15) is 0 Å². The molecule has 0 aliphatic heterocycles. The average Bonchev–Trinajstić information content (AvgIpc) is 2.67.